The van der Waals surface area contributed by atoms with Crippen molar-refractivity contribution in [2.24, 2.45) is 0 Å². The summed E-state index contributed by atoms with van der Waals surface area (Å²) in [6.45, 7) is 2.92. The zero-order valence-electron chi connectivity index (χ0n) is 21.7. The molecule has 37 heavy (non-hydrogen) atoms. The summed E-state index contributed by atoms with van der Waals surface area (Å²) >= 11 is 6.10. The number of carbonyl (C=O) groups is 2. The van der Waals surface area contributed by atoms with Gasteiger partial charge in [0.2, 0.25) is 11.8 Å². The van der Waals surface area contributed by atoms with Crippen LogP contribution in [0, 0.1) is 0 Å². The Balaban J connectivity index is 1.95. The van der Waals surface area contributed by atoms with Crippen LogP contribution >= 0.6 is 11.6 Å². The quantitative estimate of drug-likeness (QED) is 0.303. The van der Waals surface area contributed by atoms with Crippen molar-refractivity contribution in [3.63, 3.8) is 0 Å². The Bertz CT molecular complexity index is 1150. The van der Waals surface area contributed by atoms with Gasteiger partial charge in [-0.2, -0.15) is 0 Å². The molecule has 2 amide bonds. The first-order valence-corrected chi connectivity index (χ1v) is 12.9. The Morgan fingerprint density at radius 1 is 0.892 bits per heavy atom. The third-order valence-corrected chi connectivity index (χ3v) is 6.42. The molecule has 3 aromatic rings. The SMILES string of the molecule is CCCCNC(=O)C(Cc1ccccc1)N(Cc1ccc(Cl)cc1)C(=O)Cc1ccc(OC)c(OC)c1. The molecule has 0 bridgehead atoms. The van der Waals surface area contributed by atoms with Crippen LogP contribution in [0.2, 0.25) is 5.02 Å². The van der Waals surface area contributed by atoms with Crippen molar-refractivity contribution in [1.82, 2.24) is 10.2 Å². The molecule has 0 heterocycles. The average Bonchev–Trinajstić information content (AvgIpc) is 2.92. The zero-order valence-corrected chi connectivity index (χ0v) is 22.5. The summed E-state index contributed by atoms with van der Waals surface area (Å²) in [7, 11) is 3.13. The third-order valence-electron chi connectivity index (χ3n) is 6.17. The van der Waals surface area contributed by atoms with E-state index in [1.807, 2.05) is 48.5 Å². The van der Waals surface area contributed by atoms with Crippen LogP contribution in [0.15, 0.2) is 72.8 Å². The van der Waals surface area contributed by atoms with Gasteiger partial charge in [0.15, 0.2) is 11.5 Å². The number of methoxy groups -OCH3 is 2. The maximum absolute atomic E-state index is 13.9. The molecule has 0 spiro atoms. The summed E-state index contributed by atoms with van der Waals surface area (Å²) in [6.07, 6.45) is 2.36. The van der Waals surface area contributed by atoms with E-state index in [4.69, 9.17) is 21.1 Å². The monoisotopic (exact) mass is 522 g/mol. The summed E-state index contributed by atoms with van der Waals surface area (Å²) < 4.78 is 10.7. The zero-order chi connectivity index (χ0) is 26.6. The number of amides is 2. The fourth-order valence-corrected chi connectivity index (χ4v) is 4.24. The average molecular weight is 523 g/mol. The second-order valence-corrected chi connectivity index (χ2v) is 9.30. The van der Waals surface area contributed by atoms with Crippen LogP contribution in [0.25, 0.3) is 0 Å². The first-order chi connectivity index (χ1) is 17.9. The highest BCUT2D eigenvalue weighted by Crippen LogP contribution is 2.28. The number of nitrogens with one attached hydrogen (secondary N) is 1. The van der Waals surface area contributed by atoms with E-state index >= 15 is 0 Å². The van der Waals surface area contributed by atoms with Gasteiger partial charge in [0.1, 0.15) is 6.04 Å². The number of ether oxygens (including phenoxy) is 2. The minimum Gasteiger partial charge on any atom is -0.493 e. The number of hydrogen-bond donors (Lipinski definition) is 1. The molecule has 1 unspecified atom stereocenters. The van der Waals surface area contributed by atoms with Crippen LogP contribution in [0.3, 0.4) is 0 Å². The molecular weight excluding hydrogens is 488 g/mol. The van der Waals surface area contributed by atoms with Gasteiger partial charge in [0.25, 0.3) is 0 Å². The van der Waals surface area contributed by atoms with Crippen LogP contribution in [-0.4, -0.2) is 43.5 Å². The Kier molecular flexibility index (Phi) is 10.8. The number of unbranched alkanes of at least 4 members (excludes halogenated alkanes) is 1. The van der Waals surface area contributed by atoms with Gasteiger partial charge in [-0.3, -0.25) is 9.59 Å². The molecule has 1 N–H and O–H groups in total. The van der Waals surface area contributed by atoms with Gasteiger partial charge >= 0.3 is 0 Å². The molecule has 196 valence electrons. The third kappa shape index (κ3) is 8.25. The molecule has 1 atom stereocenters. The summed E-state index contributed by atoms with van der Waals surface area (Å²) in [5.41, 5.74) is 2.65. The summed E-state index contributed by atoms with van der Waals surface area (Å²) in [5.74, 6) is 0.824. The highest BCUT2D eigenvalue weighted by Gasteiger charge is 2.30. The van der Waals surface area contributed by atoms with E-state index in [0.29, 0.717) is 29.5 Å². The Morgan fingerprint density at radius 3 is 2.22 bits per heavy atom. The first-order valence-electron chi connectivity index (χ1n) is 12.5. The van der Waals surface area contributed by atoms with Crippen molar-refractivity contribution < 1.29 is 19.1 Å². The minimum absolute atomic E-state index is 0.113. The number of carbonyl (C=O) groups excluding carboxylic acids is 2. The Labute approximate surface area is 224 Å². The lowest BCUT2D eigenvalue weighted by molar-refractivity contribution is -0.140. The standard InChI is InChI=1S/C30H35ClN2O4/c1-4-5-17-32-30(35)26(18-22-9-7-6-8-10-22)33(21-23-11-14-25(31)15-12-23)29(34)20-24-13-16-27(36-2)28(19-24)37-3/h6-16,19,26H,4-5,17-18,20-21H2,1-3H3,(H,32,35). The van der Waals surface area contributed by atoms with Crippen molar-refractivity contribution in [3.05, 3.63) is 94.5 Å². The molecule has 0 aliphatic rings. The van der Waals surface area contributed by atoms with Crippen molar-refractivity contribution in [1.29, 1.82) is 0 Å². The molecule has 0 saturated carbocycles. The van der Waals surface area contributed by atoms with E-state index in [2.05, 4.69) is 12.2 Å². The predicted octanol–water partition coefficient (Wildman–Crippen LogP) is 5.46. The molecule has 3 aromatic carbocycles. The summed E-state index contributed by atoms with van der Waals surface area (Å²) in [6, 6.07) is 21.9. The highest BCUT2D eigenvalue weighted by atomic mass is 35.5. The maximum atomic E-state index is 13.9. The highest BCUT2D eigenvalue weighted by molar-refractivity contribution is 6.30. The molecule has 7 heteroatoms. The number of halogens is 1. The van der Waals surface area contributed by atoms with Crippen molar-refractivity contribution >= 4 is 23.4 Å². The van der Waals surface area contributed by atoms with E-state index in [1.54, 1.807) is 43.4 Å². The summed E-state index contributed by atoms with van der Waals surface area (Å²) in [4.78, 5) is 29.0. The van der Waals surface area contributed by atoms with E-state index < -0.39 is 6.04 Å². The van der Waals surface area contributed by atoms with Gasteiger partial charge in [0.05, 0.1) is 20.6 Å². The normalized spacial score (nSPS) is 11.5. The Morgan fingerprint density at radius 2 is 1.57 bits per heavy atom. The molecule has 0 aromatic heterocycles. The van der Waals surface area contributed by atoms with Gasteiger partial charge in [0, 0.05) is 24.5 Å². The van der Waals surface area contributed by atoms with Crippen LogP contribution < -0.4 is 14.8 Å². The number of rotatable bonds is 13. The second kappa shape index (κ2) is 14.3. The van der Waals surface area contributed by atoms with Gasteiger partial charge in [-0.25, -0.2) is 0 Å². The van der Waals surface area contributed by atoms with E-state index in [1.165, 1.54) is 0 Å². The molecule has 0 aliphatic heterocycles. The molecular formula is C30H35ClN2O4. The molecule has 0 saturated heterocycles. The fraction of sp³-hybridized carbons (Fsp3) is 0.333. The van der Waals surface area contributed by atoms with E-state index in [9.17, 15) is 9.59 Å². The Hall–Kier alpha value is -3.51. The van der Waals surface area contributed by atoms with E-state index in [0.717, 1.165) is 29.5 Å². The smallest absolute Gasteiger partial charge is 0.243 e. The van der Waals surface area contributed by atoms with Gasteiger partial charge in [-0.05, 0) is 47.4 Å². The van der Waals surface area contributed by atoms with Crippen LogP contribution in [0.4, 0.5) is 0 Å². The first kappa shape index (κ1) is 28.1. The molecule has 0 aliphatic carbocycles. The minimum atomic E-state index is -0.678. The van der Waals surface area contributed by atoms with Crippen LogP contribution in [0.5, 0.6) is 11.5 Å². The van der Waals surface area contributed by atoms with Crippen LogP contribution in [-0.2, 0) is 29.0 Å². The number of nitrogens with zero attached hydrogens (tertiary/aromatic N) is 1. The lowest BCUT2D eigenvalue weighted by Crippen LogP contribution is -2.51. The molecule has 0 fully saturated rings. The molecule has 6 nitrogen and oxygen atoms in total. The van der Waals surface area contributed by atoms with Gasteiger partial charge < -0.3 is 19.7 Å². The van der Waals surface area contributed by atoms with Gasteiger partial charge in [-0.1, -0.05) is 73.5 Å². The van der Waals surface area contributed by atoms with Crippen molar-refractivity contribution in [3.8, 4) is 11.5 Å². The second-order valence-electron chi connectivity index (χ2n) is 8.86. The lowest BCUT2D eigenvalue weighted by Gasteiger charge is -2.32. The number of benzene rings is 3. The van der Waals surface area contributed by atoms with Gasteiger partial charge in [-0.15, -0.1) is 0 Å². The molecule has 3 rings (SSSR count). The van der Waals surface area contributed by atoms with Crippen molar-refractivity contribution in [2.45, 2.75) is 45.2 Å². The van der Waals surface area contributed by atoms with Crippen molar-refractivity contribution in [2.75, 3.05) is 20.8 Å². The number of hydrogen-bond acceptors (Lipinski definition) is 4. The molecule has 0 radical (unpaired) electrons. The largest absolute Gasteiger partial charge is 0.493 e. The topological polar surface area (TPSA) is 67.9 Å². The predicted molar refractivity (Wildman–Crippen MR) is 147 cm³/mol. The fourth-order valence-electron chi connectivity index (χ4n) is 4.11. The van der Waals surface area contributed by atoms with E-state index in [-0.39, 0.29) is 24.8 Å². The maximum Gasteiger partial charge on any atom is 0.243 e. The lowest BCUT2D eigenvalue weighted by atomic mass is 10.0. The van der Waals surface area contributed by atoms with Crippen LogP contribution in [0.1, 0.15) is 36.5 Å². The summed E-state index contributed by atoms with van der Waals surface area (Å²) in [5, 5.41) is 3.66.